The third kappa shape index (κ3) is 16.8. The summed E-state index contributed by atoms with van der Waals surface area (Å²) in [6, 6.07) is 10.9. The molecule has 0 amide bonds. The van der Waals surface area contributed by atoms with E-state index in [9.17, 15) is 14.3 Å². The number of phosphoric ester groups is 1. The van der Waals surface area contributed by atoms with Crippen LogP contribution in [0.1, 0.15) is 128 Å². The van der Waals surface area contributed by atoms with Crippen LogP contribution in [-0.4, -0.2) is 64.6 Å². The van der Waals surface area contributed by atoms with E-state index in [1.54, 1.807) is 0 Å². The zero-order chi connectivity index (χ0) is 38.4. The first-order valence-electron chi connectivity index (χ1n) is 19.7. The van der Waals surface area contributed by atoms with Gasteiger partial charge in [0.15, 0.2) is 12.4 Å². The van der Waals surface area contributed by atoms with Crippen LogP contribution in [0, 0.1) is 5.92 Å². The van der Waals surface area contributed by atoms with Gasteiger partial charge in [-0.2, -0.15) is 4.98 Å². The summed E-state index contributed by atoms with van der Waals surface area (Å²) in [6.07, 6.45) is 18.2. The number of benzene rings is 1. The van der Waals surface area contributed by atoms with Gasteiger partial charge in [-0.15, -0.1) is 11.6 Å². The van der Waals surface area contributed by atoms with Crippen LogP contribution < -0.4 is 11.4 Å². The fourth-order valence-corrected chi connectivity index (χ4v) is 7.64. The van der Waals surface area contributed by atoms with Gasteiger partial charge in [0.25, 0.3) is 0 Å². The van der Waals surface area contributed by atoms with Crippen molar-refractivity contribution in [2.75, 3.05) is 38.0 Å². The van der Waals surface area contributed by atoms with Crippen LogP contribution >= 0.6 is 19.4 Å². The summed E-state index contributed by atoms with van der Waals surface area (Å²) in [5.41, 5.74) is 4.16. The van der Waals surface area contributed by atoms with Crippen molar-refractivity contribution in [3.63, 3.8) is 0 Å². The number of hydrogen-bond donors (Lipinski definition) is 2. The lowest BCUT2D eigenvalue weighted by molar-refractivity contribution is -0.102. The molecule has 2 aromatic rings. The van der Waals surface area contributed by atoms with Crippen LogP contribution in [0.3, 0.4) is 0 Å². The van der Waals surface area contributed by atoms with Crippen LogP contribution in [0.2, 0.25) is 0 Å². The van der Waals surface area contributed by atoms with Gasteiger partial charge in [-0.1, -0.05) is 140 Å². The van der Waals surface area contributed by atoms with Crippen LogP contribution in [-0.2, 0) is 34.4 Å². The Morgan fingerprint density at radius 1 is 0.943 bits per heavy atom. The molecule has 14 heteroatoms. The number of phosphoric acid groups is 1. The maximum atomic E-state index is 15.4. The molecule has 3 rings (SSSR count). The van der Waals surface area contributed by atoms with Crippen molar-refractivity contribution in [2.24, 2.45) is 5.92 Å². The van der Waals surface area contributed by atoms with E-state index in [0.29, 0.717) is 6.61 Å². The van der Waals surface area contributed by atoms with Crippen LogP contribution in [0.5, 0.6) is 0 Å². The molecule has 1 unspecified atom stereocenters. The molecule has 0 aliphatic carbocycles. The highest BCUT2D eigenvalue weighted by Gasteiger charge is 2.55. The largest absolute Gasteiger partial charge is 0.472 e. The molecule has 11 nitrogen and oxygen atoms in total. The van der Waals surface area contributed by atoms with Gasteiger partial charge in [-0.25, -0.2) is 13.8 Å². The Balaban J connectivity index is 1.36. The summed E-state index contributed by atoms with van der Waals surface area (Å²) in [7, 11) is -4.68. The van der Waals surface area contributed by atoms with E-state index in [2.05, 4.69) is 11.9 Å². The van der Waals surface area contributed by atoms with Crippen LogP contribution in [0.25, 0.3) is 0 Å². The number of rotatable bonds is 30. The number of alkyl halides is 2. The molecule has 0 radical (unpaired) electrons. The van der Waals surface area contributed by atoms with Crippen molar-refractivity contribution < 1.29 is 37.1 Å². The Kier molecular flexibility index (Phi) is 21.7. The van der Waals surface area contributed by atoms with Crippen molar-refractivity contribution >= 4 is 25.2 Å². The number of unbranched alkanes of at least 4 members (excludes halogenated alkanes) is 15. The molecule has 1 aliphatic rings. The fraction of sp³-hybridized carbons (Fsp3) is 0.744. The number of ether oxygens (including phenoxy) is 3. The molecule has 53 heavy (non-hydrogen) atoms. The van der Waals surface area contributed by atoms with Gasteiger partial charge in [0.1, 0.15) is 17.5 Å². The molecule has 0 saturated carbocycles. The Morgan fingerprint density at radius 2 is 1.53 bits per heavy atom. The number of nitrogens with zero attached hydrogens (tertiary/aromatic N) is 2. The first-order valence-corrected chi connectivity index (χ1v) is 21.7. The Hall–Kier alpha value is -1.89. The molecule has 302 valence electrons. The number of aromatic nitrogens is 2. The number of halogens is 2. The van der Waals surface area contributed by atoms with Gasteiger partial charge in [0, 0.05) is 18.7 Å². The molecule has 2 heterocycles. The second-order valence-corrected chi connectivity index (χ2v) is 16.0. The van der Waals surface area contributed by atoms with E-state index < -0.39 is 50.1 Å². The third-order valence-corrected chi connectivity index (χ3v) is 11.3. The predicted octanol–water partition coefficient (Wildman–Crippen LogP) is 9.30. The molecule has 1 aromatic heterocycles. The van der Waals surface area contributed by atoms with Crippen molar-refractivity contribution in [1.29, 1.82) is 0 Å². The number of nitrogens with two attached hydrogens (primary N) is 1. The normalized spacial score (nSPS) is 21.9. The van der Waals surface area contributed by atoms with E-state index in [1.807, 2.05) is 30.3 Å². The quantitative estimate of drug-likeness (QED) is 0.0447. The van der Waals surface area contributed by atoms with E-state index in [1.165, 1.54) is 109 Å². The topological polar surface area (TPSA) is 144 Å². The molecule has 1 saturated heterocycles. The standard InChI is InChI=1S/C39H64ClFN3O8P/c1-3-4-5-6-7-8-9-10-11-12-13-14-15-16-17-21-26-48-28-34(49-27-33-22-19-18-20-23-33)29-50-53(46,47)51-31-39(30-40)32(2)36(41)37(52-39)44-25-24-35(42)43-38(44)45/h18-20,22-25,32,34,36-37H,3-17,21,26-31H2,1-2H3,(H,46,47)(H2,42,43,45)/t32-,34-,36+,37+,39+/m0/s1. The molecule has 1 aliphatic heterocycles. The lowest BCUT2D eigenvalue weighted by Crippen LogP contribution is -2.42. The van der Waals surface area contributed by atoms with Crippen molar-refractivity contribution in [2.45, 2.75) is 147 Å². The highest BCUT2D eigenvalue weighted by atomic mass is 35.5. The average Bonchev–Trinajstić information content (AvgIpc) is 3.40. The minimum Gasteiger partial charge on any atom is -0.383 e. The molecule has 0 bridgehead atoms. The van der Waals surface area contributed by atoms with Gasteiger partial charge < -0.3 is 24.8 Å². The van der Waals surface area contributed by atoms with Gasteiger partial charge in [0.05, 0.1) is 32.3 Å². The summed E-state index contributed by atoms with van der Waals surface area (Å²) >= 11 is 6.22. The first kappa shape index (κ1) is 45.5. The number of anilines is 1. The molecule has 0 spiro atoms. The van der Waals surface area contributed by atoms with Gasteiger partial charge in [0.2, 0.25) is 0 Å². The zero-order valence-electron chi connectivity index (χ0n) is 31.9. The minimum atomic E-state index is -4.68. The monoisotopic (exact) mass is 787 g/mol. The van der Waals surface area contributed by atoms with E-state index in [4.69, 9.17) is 40.6 Å². The lowest BCUT2D eigenvalue weighted by atomic mass is 9.90. The summed E-state index contributed by atoms with van der Waals surface area (Å²) in [6.45, 7) is 3.90. The zero-order valence-corrected chi connectivity index (χ0v) is 33.5. The van der Waals surface area contributed by atoms with E-state index >= 15 is 4.39 Å². The lowest BCUT2D eigenvalue weighted by Gasteiger charge is -2.31. The second-order valence-electron chi connectivity index (χ2n) is 14.3. The highest BCUT2D eigenvalue weighted by molar-refractivity contribution is 7.47. The number of hydrogen-bond acceptors (Lipinski definition) is 9. The molecule has 1 aromatic carbocycles. The third-order valence-electron chi connectivity index (χ3n) is 9.96. The van der Waals surface area contributed by atoms with Gasteiger partial charge in [-0.05, 0) is 18.1 Å². The van der Waals surface area contributed by atoms with E-state index in [0.717, 1.165) is 23.0 Å². The molecule has 3 N–H and O–H groups in total. The minimum absolute atomic E-state index is 0.0188. The first-order chi connectivity index (χ1) is 25.6. The van der Waals surface area contributed by atoms with Gasteiger partial charge in [-0.3, -0.25) is 13.6 Å². The molecular formula is C39H64ClFN3O8P. The summed E-state index contributed by atoms with van der Waals surface area (Å²) in [4.78, 5) is 26.6. The summed E-state index contributed by atoms with van der Waals surface area (Å²) < 4.78 is 57.9. The van der Waals surface area contributed by atoms with Crippen molar-refractivity contribution in [3.8, 4) is 0 Å². The predicted molar refractivity (Wildman–Crippen MR) is 208 cm³/mol. The maximum Gasteiger partial charge on any atom is 0.472 e. The summed E-state index contributed by atoms with van der Waals surface area (Å²) in [5, 5.41) is 0. The second kappa shape index (κ2) is 25.3. The van der Waals surface area contributed by atoms with Crippen LogP contribution in [0.4, 0.5) is 10.2 Å². The summed E-state index contributed by atoms with van der Waals surface area (Å²) in [5.74, 6) is -1.21. The van der Waals surface area contributed by atoms with Gasteiger partial charge >= 0.3 is 13.5 Å². The Morgan fingerprint density at radius 3 is 2.09 bits per heavy atom. The SMILES string of the molecule is CCCCCCCCCCCCCCCCCCOC[C@@H](COP(=O)(O)OC[C@@]1(CCl)O[C@@H](n2ccc(N)nc2=O)[C@H](F)[C@@H]1C)OCc1ccccc1. The van der Waals surface area contributed by atoms with Crippen molar-refractivity contribution in [3.05, 3.63) is 58.6 Å². The molecule has 6 atom stereocenters. The van der Waals surface area contributed by atoms with Crippen molar-refractivity contribution in [1.82, 2.24) is 9.55 Å². The Bertz CT molecular complexity index is 1380. The highest BCUT2D eigenvalue weighted by Crippen LogP contribution is 2.49. The maximum absolute atomic E-state index is 15.4. The Labute approximate surface area is 321 Å². The van der Waals surface area contributed by atoms with Crippen LogP contribution in [0.15, 0.2) is 47.4 Å². The smallest absolute Gasteiger partial charge is 0.383 e. The fourth-order valence-electron chi connectivity index (χ4n) is 6.44. The number of nitrogen functional groups attached to an aromatic ring is 1. The van der Waals surface area contributed by atoms with E-state index in [-0.39, 0.29) is 31.5 Å². The molecule has 1 fully saturated rings. The average molecular weight is 788 g/mol. The molecular weight excluding hydrogens is 724 g/mol.